The second-order valence-electron chi connectivity index (χ2n) is 6.85. The van der Waals surface area contributed by atoms with Crippen molar-refractivity contribution in [3.05, 3.63) is 54.1 Å². The monoisotopic (exact) mass is 321 g/mol. The van der Waals surface area contributed by atoms with Gasteiger partial charge in [-0.1, -0.05) is 24.0 Å². The second-order valence-corrected chi connectivity index (χ2v) is 6.85. The molecular weight excluding hydrogens is 298 g/mol. The average molecular weight is 321 g/mol. The molecule has 2 saturated carbocycles. The zero-order chi connectivity index (χ0) is 16.2. The first-order valence-corrected chi connectivity index (χ1v) is 8.81. The van der Waals surface area contributed by atoms with Gasteiger partial charge in [-0.25, -0.2) is 4.98 Å². The van der Waals surface area contributed by atoms with Crippen molar-refractivity contribution >= 4 is 0 Å². The van der Waals surface area contributed by atoms with Gasteiger partial charge in [-0.2, -0.15) is 5.48 Å². The van der Waals surface area contributed by atoms with E-state index in [1.165, 1.54) is 31.2 Å². The summed E-state index contributed by atoms with van der Waals surface area (Å²) in [5.74, 6) is 7.95. The highest BCUT2D eigenvalue weighted by atomic mass is 16.6. The van der Waals surface area contributed by atoms with Gasteiger partial charge in [0.25, 0.3) is 0 Å². The number of nitrogens with one attached hydrogen (secondary N) is 1. The fraction of sp³-hybridized carbons (Fsp3) is 0.450. The van der Waals surface area contributed by atoms with Crippen LogP contribution in [0.15, 0.2) is 43.0 Å². The third kappa shape index (κ3) is 4.47. The van der Waals surface area contributed by atoms with Crippen molar-refractivity contribution in [3.8, 4) is 11.8 Å². The van der Waals surface area contributed by atoms with Crippen LogP contribution in [0.4, 0.5) is 0 Å². The predicted octanol–water partition coefficient (Wildman–Crippen LogP) is 3.32. The molecule has 1 N–H and O–H groups in total. The average Bonchev–Trinajstić information content (AvgIpc) is 3.54. The molecule has 0 aliphatic heterocycles. The van der Waals surface area contributed by atoms with Crippen molar-refractivity contribution in [3.63, 3.8) is 0 Å². The molecule has 124 valence electrons. The highest BCUT2D eigenvalue weighted by molar-refractivity contribution is 5.37. The molecule has 0 saturated heterocycles. The molecule has 0 spiro atoms. The minimum atomic E-state index is 0.100. The van der Waals surface area contributed by atoms with E-state index in [0.717, 1.165) is 24.6 Å². The van der Waals surface area contributed by atoms with Crippen molar-refractivity contribution < 1.29 is 4.84 Å². The lowest BCUT2D eigenvalue weighted by Gasteiger charge is -2.19. The summed E-state index contributed by atoms with van der Waals surface area (Å²) in [5, 5.41) is 0. The maximum atomic E-state index is 5.73. The molecule has 1 unspecified atom stereocenters. The molecule has 2 aliphatic rings. The van der Waals surface area contributed by atoms with Crippen molar-refractivity contribution in [2.75, 3.05) is 6.61 Å². The number of rotatable bonds is 7. The molecule has 2 fully saturated rings. The molecule has 4 rings (SSSR count). The zero-order valence-corrected chi connectivity index (χ0v) is 13.8. The Balaban J connectivity index is 1.42. The summed E-state index contributed by atoms with van der Waals surface area (Å²) in [5.41, 5.74) is 5.53. The van der Waals surface area contributed by atoms with Gasteiger partial charge in [0.2, 0.25) is 0 Å². The Morgan fingerprint density at radius 3 is 2.71 bits per heavy atom. The van der Waals surface area contributed by atoms with Crippen molar-refractivity contribution in [1.82, 2.24) is 15.0 Å². The number of hydrogen-bond donors (Lipinski definition) is 1. The first kappa shape index (κ1) is 15.4. The smallest absolute Gasteiger partial charge is 0.0946 e. The highest BCUT2D eigenvalue weighted by Gasteiger charge is 2.22. The van der Waals surface area contributed by atoms with E-state index in [4.69, 9.17) is 4.84 Å². The molecular formula is C20H23N3O. The maximum absolute atomic E-state index is 5.73. The third-order valence-electron chi connectivity index (χ3n) is 4.51. The molecule has 1 aromatic heterocycles. The molecule has 4 nitrogen and oxygen atoms in total. The van der Waals surface area contributed by atoms with Crippen LogP contribution in [0.3, 0.4) is 0 Å². The second kappa shape index (κ2) is 7.21. The van der Waals surface area contributed by atoms with Crippen LogP contribution >= 0.6 is 0 Å². The Bertz CT molecular complexity index is 704. The van der Waals surface area contributed by atoms with Gasteiger partial charge in [0.05, 0.1) is 19.0 Å². The van der Waals surface area contributed by atoms with Gasteiger partial charge in [0.15, 0.2) is 0 Å². The summed E-state index contributed by atoms with van der Waals surface area (Å²) < 4.78 is 2.07. The summed E-state index contributed by atoms with van der Waals surface area (Å²) in [7, 11) is 0. The van der Waals surface area contributed by atoms with Gasteiger partial charge in [-0.3, -0.25) is 0 Å². The van der Waals surface area contributed by atoms with Gasteiger partial charge in [0.1, 0.15) is 0 Å². The quantitative estimate of drug-likeness (QED) is 0.628. The largest absolute Gasteiger partial charge is 0.335 e. The van der Waals surface area contributed by atoms with E-state index in [1.54, 1.807) is 6.20 Å². The standard InChI is InChI=1S/C20H23N3O/c1-2-16(1)3-4-17-7-9-19(10-8-17)20(13-23-12-11-21-15-23)22-24-14-18-5-6-18/h7-12,15-16,18,20,22H,1-2,5-6,13-14H2. The molecule has 0 amide bonds. The zero-order valence-electron chi connectivity index (χ0n) is 13.8. The van der Waals surface area contributed by atoms with Crippen molar-refractivity contribution in [1.29, 1.82) is 0 Å². The van der Waals surface area contributed by atoms with Crippen LogP contribution in [-0.2, 0) is 11.4 Å². The van der Waals surface area contributed by atoms with Gasteiger partial charge in [-0.05, 0) is 49.3 Å². The van der Waals surface area contributed by atoms with Gasteiger partial charge < -0.3 is 9.40 Å². The lowest BCUT2D eigenvalue weighted by molar-refractivity contribution is 0.00494. The number of imidazole rings is 1. The van der Waals surface area contributed by atoms with Crippen LogP contribution in [0.25, 0.3) is 0 Å². The van der Waals surface area contributed by atoms with E-state index in [2.05, 4.69) is 51.1 Å². The summed E-state index contributed by atoms with van der Waals surface area (Å²) >= 11 is 0. The summed E-state index contributed by atoms with van der Waals surface area (Å²) in [6.07, 6.45) is 10.7. The molecule has 1 atom stereocenters. The third-order valence-corrected chi connectivity index (χ3v) is 4.51. The summed E-state index contributed by atoms with van der Waals surface area (Å²) in [6, 6.07) is 8.60. The molecule has 1 heterocycles. The van der Waals surface area contributed by atoms with Gasteiger partial charge in [0, 0.05) is 30.4 Å². The maximum Gasteiger partial charge on any atom is 0.0946 e. The first-order chi connectivity index (χ1) is 11.9. The number of benzene rings is 1. The topological polar surface area (TPSA) is 39.1 Å². The molecule has 4 heteroatoms. The van der Waals surface area contributed by atoms with Gasteiger partial charge in [-0.15, -0.1) is 0 Å². The van der Waals surface area contributed by atoms with Gasteiger partial charge >= 0.3 is 0 Å². The Morgan fingerprint density at radius 2 is 2.04 bits per heavy atom. The highest BCUT2D eigenvalue weighted by Crippen LogP contribution is 2.29. The Hall–Kier alpha value is -2.09. The lowest BCUT2D eigenvalue weighted by atomic mass is 10.1. The molecule has 2 aromatic rings. The molecule has 24 heavy (non-hydrogen) atoms. The van der Waals surface area contributed by atoms with Crippen LogP contribution in [-0.4, -0.2) is 16.2 Å². The number of nitrogens with zero attached hydrogens (tertiary/aromatic N) is 2. The fourth-order valence-electron chi connectivity index (χ4n) is 2.58. The van der Waals surface area contributed by atoms with Crippen LogP contribution in [0, 0.1) is 23.7 Å². The summed E-state index contributed by atoms with van der Waals surface area (Å²) in [6.45, 7) is 1.59. The first-order valence-electron chi connectivity index (χ1n) is 8.81. The van der Waals surface area contributed by atoms with E-state index in [0.29, 0.717) is 5.92 Å². The molecule has 2 aliphatic carbocycles. The number of hydroxylamine groups is 1. The minimum absolute atomic E-state index is 0.100. The van der Waals surface area contributed by atoms with Crippen LogP contribution in [0.5, 0.6) is 0 Å². The van der Waals surface area contributed by atoms with Crippen molar-refractivity contribution in [2.45, 2.75) is 38.3 Å². The normalized spacial score (nSPS) is 18.0. The Morgan fingerprint density at radius 1 is 1.21 bits per heavy atom. The lowest BCUT2D eigenvalue weighted by Crippen LogP contribution is -2.26. The minimum Gasteiger partial charge on any atom is -0.335 e. The molecule has 0 radical (unpaired) electrons. The number of hydrogen-bond acceptors (Lipinski definition) is 3. The van der Waals surface area contributed by atoms with Crippen LogP contribution in [0.1, 0.15) is 42.9 Å². The van der Waals surface area contributed by atoms with E-state index >= 15 is 0 Å². The van der Waals surface area contributed by atoms with Crippen LogP contribution in [0.2, 0.25) is 0 Å². The number of aromatic nitrogens is 2. The Labute approximate surface area is 143 Å². The molecule has 1 aromatic carbocycles. The predicted molar refractivity (Wildman–Crippen MR) is 92.8 cm³/mol. The fourth-order valence-corrected chi connectivity index (χ4v) is 2.58. The van der Waals surface area contributed by atoms with Crippen molar-refractivity contribution in [2.24, 2.45) is 11.8 Å². The van der Waals surface area contributed by atoms with E-state index < -0.39 is 0 Å². The van der Waals surface area contributed by atoms with E-state index in [-0.39, 0.29) is 6.04 Å². The molecule has 0 bridgehead atoms. The SMILES string of the molecule is C(#CC1CC1)c1ccc(C(Cn2ccnc2)NOCC2CC2)cc1. The van der Waals surface area contributed by atoms with E-state index in [1.807, 2.05) is 12.5 Å². The summed E-state index contributed by atoms with van der Waals surface area (Å²) in [4.78, 5) is 9.85. The Kier molecular flexibility index (Phi) is 4.64. The van der Waals surface area contributed by atoms with Crippen LogP contribution < -0.4 is 5.48 Å². The van der Waals surface area contributed by atoms with E-state index in [9.17, 15) is 0 Å².